The number of primary sulfonamides is 1. The smallest absolute Gasteiger partial charge is 0.238 e. The van der Waals surface area contributed by atoms with Crippen LogP contribution >= 0.6 is 11.6 Å². The minimum absolute atomic E-state index is 0.106. The van der Waals surface area contributed by atoms with Crippen molar-refractivity contribution < 1.29 is 22.3 Å². The number of nitrogens with two attached hydrogens (primary N) is 1. The van der Waals surface area contributed by atoms with Gasteiger partial charge >= 0.3 is 0 Å². The molecule has 0 fully saturated rings. The van der Waals surface area contributed by atoms with E-state index in [9.17, 15) is 17.6 Å². The molecule has 0 spiro atoms. The van der Waals surface area contributed by atoms with Crippen LogP contribution in [-0.2, 0) is 27.8 Å². The average Bonchev–Trinajstić information content (AvgIpc) is 2.75. The Labute approximate surface area is 189 Å². The SMILES string of the molecule is N#Cc1ccc(OCc2ccc(NC(=O)Cc3cccc(F)c3Cl)cc2S(N)(=O)=O)cc1. The second-order valence-electron chi connectivity index (χ2n) is 6.73. The third kappa shape index (κ3) is 5.82. The Bertz CT molecular complexity index is 1310. The van der Waals surface area contributed by atoms with Crippen LogP contribution in [0.4, 0.5) is 10.1 Å². The first-order valence-corrected chi connectivity index (χ1v) is 11.1. The van der Waals surface area contributed by atoms with Gasteiger partial charge in [-0.3, -0.25) is 4.79 Å². The minimum atomic E-state index is -4.12. The van der Waals surface area contributed by atoms with Gasteiger partial charge in [0.25, 0.3) is 0 Å². The number of nitrogens with one attached hydrogen (secondary N) is 1. The molecule has 0 aliphatic heterocycles. The molecule has 7 nitrogen and oxygen atoms in total. The van der Waals surface area contributed by atoms with Gasteiger partial charge in [0.15, 0.2) is 0 Å². The summed E-state index contributed by atoms with van der Waals surface area (Å²) in [6.07, 6.45) is -0.204. The summed E-state index contributed by atoms with van der Waals surface area (Å²) in [5, 5.41) is 16.6. The van der Waals surface area contributed by atoms with E-state index in [0.717, 1.165) is 0 Å². The normalized spacial score (nSPS) is 10.9. The van der Waals surface area contributed by atoms with Crippen LogP contribution in [0.2, 0.25) is 5.02 Å². The molecule has 3 N–H and O–H groups in total. The van der Waals surface area contributed by atoms with Crippen LogP contribution in [0.25, 0.3) is 0 Å². The van der Waals surface area contributed by atoms with Crippen molar-refractivity contribution >= 4 is 33.2 Å². The molecule has 3 aromatic rings. The molecule has 0 saturated carbocycles. The molecular weight excluding hydrogens is 457 g/mol. The Morgan fingerprint density at radius 3 is 2.50 bits per heavy atom. The highest BCUT2D eigenvalue weighted by Gasteiger charge is 2.17. The molecule has 0 radical (unpaired) electrons. The molecule has 0 aromatic heterocycles. The van der Waals surface area contributed by atoms with Gasteiger partial charge < -0.3 is 10.1 Å². The van der Waals surface area contributed by atoms with Gasteiger partial charge in [0.1, 0.15) is 18.2 Å². The maximum atomic E-state index is 13.5. The highest BCUT2D eigenvalue weighted by atomic mass is 35.5. The molecule has 0 aliphatic rings. The van der Waals surface area contributed by atoms with Crippen LogP contribution in [-0.4, -0.2) is 14.3 Å². The molecule has 3 aromatic carbocycles. The lowest BCUT2D eigenvalue weighted by atomic mass is 10.1. The lowest BCUT2D eigenvalue weighted by Crippen LogP contribution is -2.18. The molecule has 32 heavy (non-hydrogen) atoms. The summed E-state index contributed by atoms with van der Waals surface area (Å²) in [7, 11) is -4.12. The highest BCUT2D eigenvalue weighted by molar-refractivity contribution is 7.89. The maximum Gasteiger partial charge on any atom is 0.238 e. The second-order valence-corrected chi connectivity index (χ2v) is 8.64. The number of benzene rings is 3. The first kappa shape index (κ1) is 23.2. The van der Waals surface area contributed by atoms with Crippen LogP contribution in [0, 0.1) is 17.1 Å². The summed E-state index contributed by atoms with van der Waals surface area (Å²) in [5.41, 5.74) is 1.22. The van der Waals surface area contributed by atoms with E-state index in [1.54, 1.807) is 24.3 Å². The Morgan fingerprint density at radius 2 is 1.84 bits per heavy atom. The Morgan fingerprint density at radius 1 is 1.12 bits per heavy atom. The third-order valence-corrected chi connectivity index (χ3v) is 5.83. The van der Waals surface area contributed by atoms with Crippen LogP contribution in [0.3, 0.4) is 0 Å². The van der Waals surface area contributed by atoms with E-state index in [4.69, 9.17) is 26.7 Å². The molecular formula is C22H17ClFN3O4S. The second kappa shape index (κ2) is 9.78. The monoisotopic (exact) mass is 473 g/mol. The van der Waals surface area contributed by atoms with E-state index in [-0.39, 0.29) is 34.2 Å². The van der Waals surface area contributed by atoms with Crippen molar-refractivity contribution in [3.05, 3.63) is 88.2 Å². The Kier molecular flexibility index (Phi) is 7.10. The summed E-state index contributed by atoms with van der Waals surface area (Å²) in [5.74, 6) is -0.715. The van der Waals surface area contributed by atoms with E-state index < -0.39 is 21.7 Å². The first-order valence-electron chi connectivity index (χ1n) is 9.19. The zero-order valence-electron chi connectivity index (χ0n) is 16.5. The fraction of sp³-hybridized carbons (Fsp3) is 0.0909. The van der Waals surface area contributed by atoms with Crippen molar-refractivity contribution in [2.45, 2.75) is 17.9 Å². The summed E-state index contributed by atoms with van der Waals surface area (Å²) in [6, 6.07) is 16.6. The van der Waals surface area contributed by atoms with Crippen LogP contribution in [0.5, 0.6) is 5.75 Å². The maximum absolute atomic E-state index is 13.5. The number of sulfonamides is 1. The predicted octanol–water partition coefficient (Wildman–Crippen LogP) is 3.76. The summed E-state index contributed by atoms with van der Waals surface area (Å²) >= 11 is 5.87. The van der Waals surface area contributed by atoms with E-state index >= 15 is 0 Å². The van der Waals surface area contributed by atoms with Crippen LogP contribution in [0.1, 0.15) is 16.7 Å². The predicted molar refractivity (Wildman–Crippen MR) is 117 cm³/mol. The van der Waals surface area contributed by atoms with E-state index in [0.29, 0.717) is 16.9 Å². The average molecular weight is 474 g/mol. The topological polar surface area (TPSA) is 122 Å². The number of nitrogens with zero attached hydrogens (tertiary/aromatic N) is 1. The molecule has 164 valence electrons. The van der Waals surface area contributed by atoms with Crippen molar-refractivity contribution in [1.29, 1.82) is 5.26 Å². The Hall–Kier alpha value is -3.45. The number of carbonyl (C=O) groups excluding carboxylic acids is 1. The lowest BCUT2D eigenvalue weighted by molar-refractivity contribution is -0.115. The Balaban J connectivity index is 1.76. The quantitative estimate of drug-likeness (QED) is 0.541. The number of carbonyl (C=O) groups is 1. The van der Waals surface area contributed by atoms with Crippen LogP contribution < -0.4 is 15.2 Å². The molecule has 10 heteroatoms. The van der Waals surface area contributed by atoms with E-state index in [2.05, 4.69) is 5.32 Å². The first-order chi connectivity index (χ1) is 15.2. The number of amides is 1. The molecule has 0 saturated heterocycles. The van der Waals surface area contributed by atoms with Crippen molar-refractivity contribution in [1.82, 2.24) is 0 Å². The molecule has 0 bridgehead atoms. The number of nitriles is 1. The summed E-state index contributed by atoms with van der Waals surface area (Å²) < 4.78 is 43.3. The third-order valence-electron chi connectivity index (χ3n) is 4.42. The number of halogens is 2. The van der Waals surface area contributed by atoms with Gasteiger partial charge in [0.05, 0.1) is 28.0 Å². The number of rotatable bonds is 7. The standard InChI is InChI=1S/C22H17ClFN3O4S/c23-22-15(2-1-3-19(22)24)10-21(28)27-17-7-6-16(20(11-17)32(26,29)30)13-31-18-8-4-14(12-25)5-9-18/h1-9,11H,10,13H2,(H,27,28)(H2,26,29,30). The van der Waals surface area contributed by atoms with Gasteiger partial charge in [-0.15, -0.1) is 0 Å². The lowest BCUT2D eigenvalue weighted by Gasteiger charge is -2.13. The largest absolute Gasteiger partial charge is 0.489 e. The molecule has 0 aliphatic carbocycles. The molecule has 0 unspecified atom stereocenters. The number of ether oxygens (including phenoxy) is 1. The van der Waals surface area contributed by atoms with Gasteiger partial charge in [-0.1, -0.05) is 29.8 Å². The minimum Gasteiger partial charge on any atom is -0.489 e. The van der Waals surface area contributed by atoms with Gasteiger partial charge in [-0.2, -0.15) is 5.26 Å². The van der Waals surface area contributed by atoms with E-state index in [1.807, 2.05) is 6.07 Å². The highest BCUT2D eigenvalue weighted by Crippen LogP contribution is 2.24. The van der Waals surface area contributed by atoms with Crippen molar-refractivity contribution in [3.63, 3.8) is 0 Å². The molecule has 0 heterocycles. The summed E-state index contributed by atoms with van der Waals surface area (Å²) in [4.78, 5) is 12.1. The van der Waals surface area contributed by atoms with Crippen molar-refractivity contribution in [2.24, 2.45) is 5.14 Å². The number of hydrogen-bond acceptors (Lipinski definition) is 5. The van der Waals surface area contributed by atoms with Crippen LogP contribution in [0.15, 0.2) is 65.6 Å². The molecule has 1 amide bonds. The fourth-order valence-corrected chi connectivity index (χ4v) is 3.84. The number of anilines is 1. The molecule has 0 atom stereocenters. The van der Waals surface area contributed by atoms with E-state index in [1.165, 1.54) is 36.4 Å². The van der Waals surface area contributed by atoms with Crippen molar-refractivity contribution in [3.8, 4) is 11.8 Å². The zero-order valence-corrected chi connectivity index (χ0v) is 18.1. The van der Waals surface area contributed by atoms with Gasteiger partial charge in [-0.05, 0) is 48.0 Å². The number of hydrogen-bond donors (Lipinski definition) is 2. The van der Waals surface area contributed by atoms with Gasteiger partial charge in [0.2, 0.25) is 15.9 Å². The van der Waals surface area contributed by atoms with Gasteiger partial charge in [0, 0.05) is 11.3 Å². The zero-order chi connectivity index (χ0) is 23.3. The summed E-state index contributed by atoms with van der Waals surface area (Å²) in [6.45, 7) is -0.106. The molecule has 3 rings (SSSR count). The van der Waals surface area contributed by atoms with Gasteiger partial charge in [-0.25, -0.2) is 17.9 Å². The van der Waals surface area contributed by atoms with Crippen molar-refractivity contribution in [2.75, 3.05) is 5.32 Å². The fourth-order valence-electron chi connectivity index (χ4n) is 2.87.